The summed E-state index contributed by atoms with van der Waals surface area (Å²) in [6.07, 6.45) is 3.28. The molecule has 2 aromatic heterocycles. The number of nitrogens with zero attached hydrogens (tertiary/aromatic N) is 4. The molecule has 0 saturated carbocycles. The van der Waals surface area contributed by atoms with Crippen molar-refractivity contribution in [2.24, 2.45) is 0 Å². The molecule has 0 amide bonds. The van der Waals surface area contributed by atoms with Crippen LogP contribution in [0.5, 0.6) is 0 Å². The van der Waals surface area contributed by atoms with Gasteiger partial charge < -0.3 is 19.5 Å². The normalized spacial score (nSPS) is 22.1. The Labute approximate surface area is 161 Å². The van der Waals surface area contributed by atoms with E-state index in [2.05, 4.69) is 16.9 Å². The molecule has 2 fully saturated rings. The maximum atomic E-state index is 14.9. The Hall–Kier alpha value is -2.19. The fourth-order valence-electron chi connectivity index (χ4n) is 4.31. The van der Waals surface area contributed by atoms with Gasteiger partial charge in [-0.05, 0) is 32.9 Å². The minimum Gasteiger partial charge on any atom is -0.477 e. The Balaban J connectivity index is 0.00000210. The molecule has 2 unspecified atom stereocenters. The van der Waals surface area contributed by atoms with Crippen LogP contribution in [0.4, 0.5) is 10.2 Å². The van der Waals surface area contributed by atoms with Gasteiger partial charge >= 0.3 is 5.97 Å². The summed E-state index contributed by atoms with van der Waals surface area (Å²) in [5.41, 5.74) is -0.735. The van der Waals surface area contributed by atoms with E-state index in [0.717, 1.165) is 32.0 Å². The highest BCUT2D eigenvalue weighted by atomic mass is 35.5. The van der Waals surface area contributed by atoms with Crippen LogP contribution in [-0.2, 0) is 6.54 Å². The molecule has 2 atom stereocenters. The van der Waals surface area contributed by atoms with Crippen molar-refractivity contribution in [3.8, 4) is 0 Å². The third-order valence-corrected chi connectivity index (χ3v) is 5.46. The van der Waals surface area contributed by atoms with Crippen LogP contribution in [-0.4, -0.2) is 57.7 Å². The Morgan fingerprint density at radius 2 is 1.96 bits per heavy atom. The Kier molecular flexibility index (Phi) is 5.14. The van der Waals surface area contributed by atoms with Gasteiger partial charge in [0.15, 0.2) is 11.6 Å². The summed E-state index contributed by atoms with van der Waals surface area (Å²) >= 11 is 0. The molecule has 27 heavy (non-hydrogen) atoms. The first-order valence-electron chi connectivity index (χ1n) is 8.84. The fourth-order valence-corrected chi connectivity index (χ4v) is 4.31. The number of likely N-dealkylation sites (N-methyl/N-ethyl adjacent to an activating group) is 1. The number of aryl methyl sites for hydroxylation is 1. The van der Waals surface area contributed by atoms with Gasteiger partial charge in [0.25, 0.3) is 0 Å². The molecule has 1 N–H and O–H groups in total. The van der Waals surface area contributed by atoms with Gasteiger partial charge in [0.05, 0.1) is 5.39 Å². The lowest BCUT2D eigenvalue weighted by molar-refractivity contribution is 0.0695. The first kappa shape index (κ1) is 19.6. The van der Waals surface area contributed by atoms with Crippen molar-refractivity contribution < 1.29 is 14.3 Å². The molecule has 4 rings (SSSR count). The SMILES string of the molecule is CCn1cc(C(=O)O)c(=O)c2cc(F)c(N3C4CCC3CN(C)C4)nc21.Cl. The van der Waals surface area contributed by atoms with E-state index in [1.54, 1.807) is 4.57 Å². The van der Waals surface area contributed by atoms with Crippen LogP contribution >= 0.6 is 12.4 Å². The molecule has 2 aliphatic rings. The topological polar surface area (TPSA) is 78.7 Å². The van der Waals surface area contributed by atoms with Crippen molar-refractivity contribution in [1.82, 2.24) is 14.5 Å². The third-order valence-electron chi connectivity index (χ3n) is 5.46. The van der Waals surface area contributed by atoms with E-state index in [9.17, 15) is 19.1 Å². The predicted octanol–water partition coefficient (Wildman–Crippen LogP) is 1.96. The number of carbonyl (C=O) groups is 1. The Bertz CT molecular complexity index is 950. The molecule has 0 aromatic carbocycles. The van der Waals surface area contributed by atoms with Gasteiger partial charge in [-0.1, -0.05) is 0 Å². The maximum Gasteiger partial charge on any atom is 0.341 e. The smallest absolute Gasteiger partial charge is 0.341 e. The van der Waals surface area contributed by atoms with Crippen LogP contribution in [0.1, 0.15) is 30.1 Å². The second-order valence-corrected chi connectivity index (χ2v) is 7.14. The van der Waals surface area contributed by atoms with Crippen molar-refractivity contribution >= 4 is 35.2 Å². The molecule has 2 saturated heterocycles. The van der Waals surface area contributed by atoms with Gasteiger partial charge in [0, 0.05) is 37.9 Å². The minimum absolute atomic E-state index is 0. The molecule has 9 heteroatoms. The number of carboxylic acid groups (broad SMARTS) is 1. The molecule has 0 spiro atoms. The van der Waals surface area contributed by atoms with Gasteiger partial charge in [0.2, 0.25) is 5.43 Å². The molecule has 4 heterocycles. The van der Waals surface area contributed by atoms with Crippen molar-refractivity contribution in [2.75, 3.05) is 25.0 Å². The van der Waals surface area contributed by atoms with E-state index in [4.69, 9.17) is 0 Å². The van der Waals surface area contributed by atoms with Crippen molar-refractivity contribution in [1.29, 1.82) is 0 Å². The van der Waals surface area contributed by atoms with Gasteiger partial charge in [-0.3, -0.25) is 4.79 Å². The zero-order valence-corrected chi connectivity index (χ0v) is 16.0. The molecule has 0 radical (unpaired) electrons. The molecule has 0 aliphatic carbocycles. The van der Waals surface area contributed by atoms with Gasteiger partial charge in [-0.2, -0.15) is 0 Å². The van der Waals surface area contributed by atoms with Crippen LogP contribution in [0.3, 0.4) is 0 Å². The summed E-state index contributed by atoms with van der Waals surface area (Å²) in [4.78, 5) is 32.6. The molecule has 2 aromatic rings. The highest BCUT2D eigenvalue weighted by Gasteiger charge is 2.40. The van der Waals surface area contributed by atoms with Gasteiger partial charge in [-0.15, -0.1) is 12.4 Å². The number of rotatable bonds is 3. The minimum atomic E-state index is -1.32. The number of carboxylic acids is 1. The van der Waals surface area contributed by atoms with Crippen LogP contribution in [0.25, 0.3) is 11.0 Å². The molecule has 2 aliphatic heterocycles. The number of halogens is 2. The molecular formula is C18H22ClFN4O3. The van der Waals surface area contributed by atoms with E-state index >= 15 is 0 Å². The average molecular weight is 397 g/mol. The second kappa shape index (κ2) is 7.09. The predicted molar refractivity (Wildman–Crippen MR) is 103 cm³/mol. The Morgan fingerprint density at radius 1 is 1.33 bits per heavy atom. The number of fused-ring (bicyclic) bond motifs is 3. The highest BCUT2D eigenvalue weighted by Crippen LogP contribution is 2.35. The molecule has 7 nitrogen and oxygen atoms in total. The number of pyridine rings is 2. The van der Waals surface area contributed by atoms with Crippen molar-refractivity contribution in [3.05, 3.63) is 33.9 Å². The lowest BCUT2D eigenvalue weighted by atomic mass is 10.1. The number of piperazine rings is 1. The van der Waals surface area contributed by atoms with E-state index < -0.39 is 17.2 Å². The summed E-state index contributed by atoms with van der Waals surface area (Å²) in [6.45, 7) is 3.98. The average Bonchev–Trinajstić information content (AvgIpc) is 2.86. The van der Waals surface area contributed by atoms with Crippen LogP contribution < -0.4 is 10.3 Å². The number of hydrogen-bond acceptors (Lipinski definition) is 5. The van der Waals surface area contributed by atoms with Crippen LogP contribution in [0.15, 0.2) is 17.1 Å². The summed E-state index contributed by atoms with van der Waals surface area (Å²) in [5.74, 6) is -1.62. The van der Waals surface area contributed by atoms with Gasteiger partial charge in [0.1, 0.15) is 11.2 Å². The zero-order valence-electron chi connectivity index (χ0n) is 15.2. The summed E-state index contributed by atoms with van der Waals surface area (Å²) in [5, 5.41) is 9.24. The second-order valence-electron chi connectivity index (χ2n) is 7.14. The lowest BCUT2D eigenvalue weighted by Crippen LogP contribution is -2.53. The lowest BCUT2D eigenvalue weighted by Gasteiger charge is -2.40. The Morgan fingerprint density at radius 3 is 2.52 bits per heavy atom. The monoisotopic (exact) mass is 396 g/mol. The van der Waals surface area contributed by atoms with E-state index in [1.165, 1.54) is 6.20 Å². The van der Waals surface area contributed by atoms with E-state index in [1.807, 2.05) is 11.8 Å². The highest BCUT2D eigenvalue weighted by molar-refractivity contribution is 5.92. The maximum absolute atomic E-state index is 14.9. The van der Waals surface area contributed by atoms with Crippen molar-refractivity contribution in [3.63, 3.8) is 0 Å². The fraction of sp³-hybridized carbons (Fsp3) is 0.500. The third kappa shape index (κ3) is 3.06. The first-order valence-corrected chi connectivity index (χ1v) is 8.84. The van der Waals surface area contributed by atoms with Crippen LogP contribution in [0, 0.1) is 5.82 Å². The summed E-state index contributed by atoms with van der Waals surface area (Å²) in [7, 11) is 2.06. The standard InChI is InChI=1S/C18H21FN4O3.ClH/c1-3-22-9-13(18(25)26)15(24)12-6-14(19)17(20-16(12)22)23-10-4-5-11(23)8-21(2)7-10;/h6,9-11H,3-5,7-8H2,1-2H3,(H,25,26);1H. The van der Waals surface area contributed by atoms with Crippen molar-refractivity contribution in [2.45, 2.75) is 38.4 Å². The molecular weight excluding hydrogens is 375 g/mol. The first-order chi connectivity index (χ1) is 12.4. The van der Waals surface area contributed by atoms with Crippen LogP contribution in [0.2, 0.25) is 0 Å². The van der Waals surface area contributed by atoms with E-state index in [-0.39, 0.29) is 41.3 Å². The number of likely N-dealkylation sites (tertiary alicyclic amines) is 1. The number of hydrogen-bond donors (Lipinski definition) is 1. The summed E-state index contributed by atoms with van der Waals surface area (Å²) in [6, 6.07) is 1.56. The molecule has 146 valence electrons. The summed E-state index contributed by atoms with van der Waals surface area (Å²) < 4.78 is 16.5. The quantitative estimate of drug-likeness (QED) is 0.854. The number of aromatic nitrogens is 2. The van der Waals surface area contributed by atoms with E-state index in [0.29, 0.717) is 12.2 Å². The molecule has 2 bridgehead atoms. The zero-order chi connectivity index (χ0) is 18.6. The van der Waals surface area contributed by atoms with Gasteiger partial charge in [-0.25, -0.2) is 14.2 Å². The number of anilines is 1. The largest absolute Gasteiger partial charge is 0.477 e. The number of aromatic carboxylic acids is 1.